The van der Waals surface area contributed by atoms with Crippen LogP contribution in [0, 0.1) is 5.92 Å². The highest BCUT2D eigenvalue weighted by Crippen LogP contribution is 2.19. The summed E-state index contributed by atoms with van der Waals surface area (Å²) in [4.78, 5) is 22.5. The molecule has 0 radical (unpaired) electrons. The molecule has 0 aromatic carbocycles. The number of esters is 1. The first-order valence-corrected chi connectivity index (χ1v) is 4.68. The molecule has 7 heteroatoms. The molecule has 0 aliphatic carbocycles. The monoisotopic (exact) mass is 241 g/mol. The van der Waals surface area contributed by atoms with Gasteiger partial charge in [0, 0.05) is 13.1 Å². The molecule has 0 spiro atoms. The molecule has 0 fully saturated rings. The Morgan fingerprint density at radius 1 is 1.38 bits per heavy atom. The Morgan fingerprint density at radius 2 is 1.88 bits per heavy atom. The van der Waals surface area contributed by atoms with E-state index in [0.717, 1.165) is 7.11 Å². The maximum Gasteiger partial charge on any atom is 0.471 e. The van der Waals surface area contributed by atoms with Gasteiger partial charge in [0.25, 0.3) is 0 Å². The van der Waals surface area contributed by atoms with Crippen molar-refractivity contribution < 1.29 is 27.5 Å². The quantitative estimate of drug-likeness (QED) is 0.695. The van der Waals surface area contributed by atoms with E-state index in [9.17, 15) is 22.8 Å². The minimum atomic E-state index is -4.91. The third kappa shape index (κ3) is 4.08. The van der Waals surface area contributed by atoms with E-state index in [-0.39, 0.29) is 13.1 Å². The fourth-order valence-corrected chi connectivity index (χ4v) is 1.14. The van der Waals surface area contributed by atoms with Gasteiger partial charge in [0.15, 0.2) is 0 Å². The van der Waals surface area contributed by atoms with Crippen LogP contribution in [0.3, 0.4) is 0 Å². The number of halogens is 3. The lowest BCUT2D eigenvalue weighted by molar-refractivity contribution is -0.186. The molecule has 16 heavy (non-hydrogen) atoms. The molecular weight excluding hydrogens is 227 g/mol. The van der Waals surface area contributed by atoms with Gasteiger partial charge in [-0.1, -0.05) is 6.92 Å². The predicted molar refractivity (Wildman–Crippen MR) is 49.5 cm³/mol. The first kappa shape index (κ1) is 14.7. The van der Waals surface area contributed by atoms with E-state index in [1.54, 1.807) is 0 Å². The number of alkyl halides is 3. The second kappa shape index (κ2) is 5.72. The molecule has 0 heterocycles. The molecule has 0 N–H and O–H groups in total. The molecule has 0 rings (SSSR count). The van der Waals surface area contributed by atoms with Crippen molar-refractivity contribution in [1.82, 2.24) is 4.90 Å². The van der Waals surface area contributed by atoms with Crippen LogP contribution in [-0.2, 0) is 14.3 Å². The molecule has 0 bridgehead atoms. The van der Waals surface area contributed by atoms with Crippen LogP contribution < -0.4 is 0 Å². The van der Waals surface area contributed by atoms with Crippen molar-refractivity contribution in [2.45, 2.75) is 20.0 Å². The van der Waals surface area contributed by atoms with E-state index in [1.807, 2.05) is 0 Å². The van der Waals surface area contributed by atoms with E-state index in [4.69, 9.17) is 0 Å². The van der Waals surface area contributed by atoms with Crippen molar-refractivity contribution >= 4 is 11.9 Å². The number of hydrogen-bond donors (Lipinski definition) is 0. The first-order chi connectivity index (χ1) is 7.23. The van der Waals surface area contributed by atoms with Crippen LogP contribution in [0.2, 0.25) is 0 Å². The molecule has 94 valence electrons. The highest BCUT2D eigenvalue weighted by molar-refractivity contribution is 5.82. The van der Waals surface area contributed by atoms with Gasteiger partial charge >= 0.3 is 18.1 Å². The summed E-state index contributed by atoms with van der Waals surface area (Å²) in [5, 5.41) is 0. The zero-order valence-corrected chi connectivity index (χ0v) is 9.30. The van der Waals surface area contributed by atoms with Gasteiger partial charge in [-0.25, -0.2) is 0 Å². The summed E-state index contributed by atoms with van der Waals surface area (Å²) in [5.41, 5.74) is 0. The van der Waals surface area contributed by atoms with Crippen molar-refractivity contribution in [3.05, 3.63) is 0 Å². The van der Waals surface area contributed by atoms with Crippen LogP contribution in [0.25, 0.3) is 0 Å². The zero-order chi connectivity index (χ0) is 12.9. The Morgan fingerprint density at radius 3 is 2.19 bits per heavy atom. The summed E-state index contributed by atoms with van der Waals surface area (Å²) in [5.74, 6) is -3.37. The minimum absolute atomic E-state index is 0.111. The lowest BCUT2D eigenvalue weighted by atomic mass is 10.1. The Labute approximate surface area is 91.4 Å². The lowest BCUT2D eigenvalue weighted by Crippen LogP contribution is -2.44. The Hall–Kier alpha value is -1.27. The van der Waals surface area contributed by atoms with Crippen molar-refractivity contribution in [3.63, 3.8) is 0 Å². The minimum Gasteiger partial charge on any atom is -0.469 e. The average Bonchev–Trinajstić information content (AvgIpc) is 2.21. The van der Waals surface area contributed by atoms with Gasteiger partial charge in [-0.2, -0.15) is 13.2 Å². The normalized spacial score (nSPS) is 13.1. The Bertz CT molecular complexity index is 265. The number of hydrogen-bond acceptors (Lipinski definition) is 3. The Kier molecular flexibility index (Phi) is 5.26. The highest BCUT2D eigenvalue weighted by atomic mass is 19.4. The third-order valence-corrected chi connectivity index (χ3v) is 2.01. The maximum absolute atomic E-state index is 12.1. The van der Waals surface area contributed by atoms with E-state index < -0.39 is 24.0 Å². The lowest BCUT2D eigenvalue weighted by Gasteiger charge is -2.24. The molecule has 1 amide bonds. The summed E-state index contributed by atoms with van der Waals surface area (Å²) in [7, 11) is 1.14. The number of nitrogens with zero attached hydrogens (tertiary/aromatic N) is 1. The smallest absolute Gasteiger partial charge is 0.469 e. The second-order valence-electron chi connectivity index (χ2n) is 3.27. The number of ether oxygens (including phenoxy) is 1. The fraction of sp³-hybridized carbons (Fsp3) is 0.778. The number of methoxy groups -OCH3 is 1. The molecule has 1 atom stereocenters. The molecule has 0 saturated carbocycles. The van der Waals surface area contributed by atoms with Gasteiger partial charge in [0.2, 0.25) is 0 Å². The fourth-order valence-electron chi connectivity index (χ4n) is 1.14. The number of carbonyl (C=O) groups is 2. The summed E-state index contributed by atoms with van der Waals surface area (Å²) < 4.78 is 40.7. The molecule has 0 aliphatic heterocycles. The summed E-state index contributed by atoms with van der Waals surface area (Å²) in [6.45, 7) is 2.40. The number of amides is 1. The third-order valence-electron chi connectivity index (χ3n) is 2.01. The van der Waals surface area contributed by atoms with E-state index in [1.165, 1.54) is 13.8 Å². The van der Waals surface area contributed by atoms with Crippen LogP contribution in [0.5, 0.6) is 0 Å². The molecule has 0 aliphatic rings. The topological polar surface area (TPSA) is 46.6 Å². The molecular formula is C9H14F3NO3. The van der Waals surface area contributed by atoms with Crippen molar-refractivity contribution in [2.24, 2.45) is 5.92 Å². The summed E-state index contributed by atoms with van der Waals surface area (Å²) in [6.07, 6.45) is -4.91. The van der Waals surface area contributed by atoms with E-state index >= 15 is 0 Å². The van der Waals surface area contributed by atoms with Crippen LogP contribution in [0.1, 0.15) is 13.8 Å². The van der Waals surface area contributed by atoms with E-state index in [0.29, 0.717) is 4.90 Å². The number of carbonyl (C=O) groups excluding carboxylic acids is 2. The van der Waals surface area contributed by atoms with Crippen molar-refractivity contribution in [1.29, 1.82) is 0 Å². The van der Waals surface area contributed by atoms with Crippen LogP contribution in [-0.4, -0.2) is 43.2 Å². The van der Waals surface area contributed by atoms with Gasteiger partial charge in [-0.15, -0.1) is 0 Å². The summed E-state index contributed by atoms with van der Waals surface area (Å²) >= 11 is 0. The molecule has 1 unspecified atom stereocenters. The largest absolute Gasteiger partial charge is 0.471 e. The van der Waals surface area contributed by atoms with Gasteiger partial charge in [-0.05, 0) is 6.92 Å². The van der Waals surface area contributed by atoms with Crippen molar-refractivity contribution in [2.75, 3.05) is 20.2 Å². The maximum atomic E-state index is 12.1. The summed E-state index contributed by atoms with van der Waals surface area (Å²) in [6, 6.07) is 0. The van der Waals surface area contributed by atoms with E-state index in [2.05, 4.69) is 4.74 Å². The SMILES string of the molecule is CCN(CC(C)C(=O)OC)C(=O)C(F)(F)F. The van der Waals surface area contributed by atoms with Gasteiger partial charge in [-0.3, -0.25) is 9.59 Å². The van der Waals surface area contributed by atoms with Crippen LogP contribution in [0.4, 0.5) is 13.2 Å². The van der Waals surface area contributed by atoms with Gasteiger partial charge in [0.1, 0.15) is 0 Å². The van der Waals surface area contributed by atoms with Gasteiger partial charge < -0.3 is 9.64 Å². The van der Waals surface area contributed by atoms with Gasteiger partial charge in [0.05, 0.1) is 13.0 Å². The molecule has 0 aromatic rings. The molecule has 4 nitrogen and oxygen atoms in total. The van der Waals surface area contributed by atoms with Crippen molar-refractivity contribution in [3.8, 4) is 0 Å². The molecule has 0 saturated heterocycles. The standard InChI is InChI=1S/C9H14F3NO3/c1-4-13(8(15)9(10,11)12)5-6(2)7(14)16-3/h6H,4-5H2,1-3H3. The zero-order valence-electron chi connectivity index (χ0n) is 9.30. The molecule has 0 aromatic heterocycles. The van der Waals surface area contributed by atoms with Crippen LogP contribution >= 0.6 is 0 Å². The number of rotatable bonds is 4. The predicted octanol–water partition coefficient (Wildman–Crippen LogP) is 1.21. The van der Waals surface area contributed by atoms with Crippen LogP contribution in [0.15, 0.2) is 0 Å². The average molecular weight is 241 g/mol. The highest BCUT2D eigenvalue weighted by Gasteiger charge is 2.42. The first-order valence-electron chi connectivity index (χ1n) is 4.68. The second-order valence-corrected chi connectivity index (χ2v) is 3.27. The Balaban J connectivity index is 4.53.